The Kier molecular flexibility index (Phi) is 6.30. The van der Waals surface area contributed by atoms with Crippen LogP contribution in [0.2, 0.25) is 0 Å². The molecule has 2 aliphatic heterocycles. The molecule has 3 aromatic rings. The van der Waals surface area contributed by atoms with E-state index in [4.69, 9.17) is 14.5 Å². The Labute approximate surface area is 216 Å². The molecule has 1 amide bonds. The number of carbonyl (C=O) groups is 2. The number of rotatable bonds is 4. The Morgan fingerprint density at radius 1 is 1.19 bits per heavy atom. The number of fused-ring (bicyclic) bond motifs is 4. The van der Waals surface area contributed by atoms with E-state index in [-0.39, 0.29) is 5.56 Å². The lowest BCUT2D eigenvalue weighted by molar-refractivity contribution is -0.155. The quantitative estimate of drug-likeness (QED) is 0.359. The number of nitrogens with zero attached hydrogens (tertiary/aromatic N) is 3. The first kappa shape index (κ1) is 25.0. The Morgan fingerprint density at radius 2 is 1.95 bits per heavy atom. The molecule has 0 aliphatic carbocycles. The van der Waals surface area contributed by atoms with Crippen LogP contribution in [0.3, 0.4) is 0 Å². The fraction of sp³-hybridized carbons (Fsp3) is 0.448. The molecule has 194 valence electrons. The van der Waals surface area contributed by atoms with Crippen LogP contribution in [-0.2, 0) is 20.8 Å². The van der Waals surface area contributed by atoms with Crippen LogP contribution in [0.4, 0.5) is 4.79 Å². The highest BCUT2D eigenvalue weighted by molar-refractivity contribution is 5.84. The van der Waals surface area contributed by atoms with Crippen molar-refractivity contribution in [1.82, 2.24) is 14.5 Å². The SMILES string of the molecule is CCC(OC(=O)[C@H]1CCCN1C(=O)OC(C)(C)C)c1cc2n(c(=O)c1C)Cc1cc3ccccc3nc1-2. The van der Waals surface area contributed by atoms with Crippen molar-refractivity contribution in [3.05, 3.63) is 63.4 Å². The summed E-state index contributed by atoms with van der Waals surface area (Å²) in [5.41, 5.74) is 3.84. The van der Waals surface area contributed by atoms with E-state index in [1.807, 2.05) is 37.3 Å². The number of hydrogen-bond acceptors (Lipinski definition) is 6. The van der Waals surface area contributed by atoms with E-state index < -0.39 is 29.8 Å². The van der Waals surface area contributed by atoms with Crippen LogP contribution in [0.15, 0.2) is 41.2 Å². The monoisotopic (exact) mass is 503 g/mol. The predicted octanol–water partition coefficient (Wildman–Crippen LogP) is 5.13. The van der Waals surface area contributed by atoms with Gasteiger partial charge in [0.25, 0.3) is 5.56 Å². The van der Waals surface area contributed by atoms with Gasteiger partial charge in [-0.05, 0) is 65.2 Å². The molecule has 5 rings (SSSR count). The molecule has 4 heterocycles. The number of likely N-dealkylation sites (tertiary alicyclic amines) is 1. The third kappa shape index (κ3) is 4.61. The minimum atomic E-state index is -0.700. The highest BCUT2D eigenvalue weighted by atomic mass is 16.6. The van der Waals surface area contributed by atoms with Crippen molar-refractivity contribution in [2.45, 2.75) is 78.2 Å². The fourth-order valence-electron chi connectivity index (χ4n) is 5.27. The van der Waals surface area contributed by atoms with Crippen LogP contribution in [0.25, 0.3) is 22.3 Å². The van der Waals surface area contributed by atoms with Crippen molar-refractivity contribution in [2.24, 2.45) is 0 Å². The predicted molar refractivity (Wildman–Crippen MR) is 140 cm³/mol. The maximum absolute atomic E-state index is 13.4. The van der Waals surface area contributed by atoms with Gasteiger partial charge >= 0.3 is 12.1 Å². The first-order valence-electron chi connectivity index (χ1n) is 12.9. The number of carbonyl (C=O) groups excluding carboxylic acids is 2. The fourth-order valence-corrected chi connectivity index (χ4v) is 5.27. The average Bonchev–Trinajstić information content (AvgIpc) is 3.48. The van der Waals surface area contributed by atoms with Crippen molar-refractivity contribution >= 4 is 23.0 Å². The normalized spacial score (nSPS) is 17.4. The highest BCUT2D eigenvalue weighted by Gasteiger charge is 2.39. The van der Waals surface area contributed by atoms with Gasteiger partial charge in [0.05, 0.1) is 23.4 Å². The van der Waals surface area contributed by atoms with E-state index in [1.165, 1.54) is 4.90 Å². The number of esters is 1. The van der Waals surface area contributed by atoms with E-state index in [0.717, 1.165) is 27.9 Å². The zero-order valence-corrected chi connectivity index (χ0v) is 22.0. The topological polar surface area (TPSA) is 90.7 Å². The molecule has 2 aliphatic rings. The summed E-state index contributed by atoms with van der Waals surface area (Å²) < 4.78 is 13.2. The van der Waals surface area contributed by atoms with Crippen LogP contribution >= 0.6 is 0 Å². The van der Waals surface area contributed by atoms with E-state index in [1.54, 1.807) is 32.3 Å². The third-order valence-corrected chi connectivity index (χ3v) is 7.08. The molecule has 0 spiro atoms. The number of benzene rings is 1. The van der Waals surface area contributed by atoms with Crippen LogP contribution in [-0.4, -0.2) is 44.7 Å². The van der Waals surface area contributed by atoms with Gasteiger partial charge in [0.2, 0.25) is 0 Å². The molecule has 0 saturated carbocycles. The summed E-state index contributed by atoms with van der Waals surface area (Å²) in [5, 5.41) is 1.03. The molecular weight excluding hydrogens is 470 g/mol. The van der Waals surface area contributed by atoms with Gasteiger partial charge in [-0.15, -0.1) is 0 Å². The molecule has 8 nitrogen and oxygen atoms in total. The van der Waals surface area contributed by atoms with Crippen LogP contribution < -0.4 is 5.56 Å². The van der Waals surface area contributed by atoms with Crippen LogP contribution in [0, 0.1) is 6.92 Å². The second kappa shape index (κ2) is 9.32. The number of amides is 1. The number of ether oxygens (including phenoxy) is 2. The zero-order chi connectivity index (χ0) is 26.5. The van der Waals surface area contributed by atoms with E-state index in [0.29, 0.717) is 43.5 Å². The molecule has 37 heavy (non-hydrogen) atoms. The van der Waals surface area contributed by atoms with Crippen molar-refractivity contribution in [3.8, 4) is 11.4 Å². The molecule has 1 saturated heterocycles. The molecule has 1 unspecified atom stereocenters. The Hall–Kier alpha value is -3.68. The number of pyridine rings is 2. The summed E-state index contributed by atoms with van der Waals surface area (Å²) in [5.74, 6) is -0.472. The molecule has 1 fully saturated rings. The first-order chi connectivity index (χ1) is 17.6. The lowest BCUT2D eigenvalue weighted by Crippen LogP contribution is -2.44. The van der Waals surface area contributed by atoms with Gasteiger partial charge in [-0.3, -0.25) is 9.69 Å². The zero-order valence-electron chi connectivity index (χ0n) is 22.0. The summed E-state index contributed by atoms with van der Waals surface area (Å²) in [4.78, 5) is 45.7. The summed E-state index contributed by atoms with van der Waals surface area (Å²) in [7, 11) is 0. The second-order valence-corrected chi connectivity index (χ2v) is 10.9. The summed E-state index contributed by atoms with van der Waals surface area (Å²) in [6.45, 7) is 10.00. The third-order valence-electron chi connectivity index (χ3n) is 7.08. The summed E-state index contributed by atoms with van der Waals surface area (Å²) in [6, 6.07) is 11.2. The standard InChI is InChI=1S/C29H33N3O5/c1-6-24(36-27(34)22-12-9-13-31(22)28(35)37-29(3,4)5)20-15-23-25-19(16-32(23)26(33)17(20)2)14-18-10-7-8-11-21(18)30-25/h7-8,10-11,14-15,22,24H,6,9,12-13,16H2,1-5H3/t22-,24?/m1/s1. The molecule has 0 radical (unpaired) electrons. The molecule has 2 atom stereocenters. The van der Waals surface area contributed by atoms with Crippen molar-refractivity contribution < 1.29 is 19.1 Å². The smallest absolute Gasteiger partial charge is 0.411 e. The molecule has 0 N–H and O–H groups in total. The summed E-state index contributed by atoms with van der Waals surface area (Å²) >= 11 is 0. The van der Waals surface area contributed by atoms with Gasteiger partial charge in [-0.2, -0.15) is 0 Å². The Balaban J connectivity index is 1.45. The number of para-hydroxylation sites is 1. The van der Waals surface area contributed by atoms with Gasteiger partial charge < -0.3 is 14.0 Å². The van der Waals surface area contributed by atoms with Crippen molar-refractivity contribution in [3.63, 3.8) is 0 Å². The van der Waals surface area contributed by atoms with E-state index in [2.05, 4.69) is 6.07 Å². The first-order valence-corrected chi connectivity index (χ1v) is 12.9. The maximum atomic E-state index is 13.4. The van der Waals surface area contributed by atoms with Crippen molar-refractivity contribution in [2.75, 3.05) is 6.54 Å². The minimum absolute atomic E-state index is 0.111. The molecule has 2 aromatic heterocycles. The van der Waals surface area contributed by atoms with Gasteiger partial charge in [-0.25, -0.2) is 14.6 Å². The lowest BCUT2D eigenvalue weighted by atomic mass is 10.0. The van der Waals surface area contributed by atoms with Crippen LogP contribution in [0.5, 0.6) is 0 Å². The number of aromatic nitrogens is 2. The molecular formula is C29H33N3O5. The number of hydrogen-bond donors (Lipinski definition) is 0. The van der Waals surface area contributed by atoms with Gasteiger partial charge in [0.1, 0.15) is 17.7 Å². The van der Waals surface area contributed by atoms with Crippen LogP contribution in [0.1, 0.15) is 69.8 Å². The molecule has 8 heteroatoms. The maximum Gasteiger partial charge on any atom is 0.411 e. The van der Waals surface area contributed by atoms with E-state index in [9.17, 15) is 14.4 Å². The lowest BCUT2D eigenvalue weighted by Gasteiger charge is -2.29. The van der Waals surface area contributed by atoms with Gasteiger partial charge in [-0.1, -0.05) is 25.1 Å². The second-order valence-electron chi connectivity index (χ2n) is 10.9. The molecule has 0 bridgehead atoms. The minimum Gasteiger partial charge on any atom is -0.456 e. The van der Waals surface area contributed by atoms with E-state index >= 15 is 0 Å². The van der Waals surface area contributed by atoms with Gasteiger partial charge in [0, 0.05) is 28.6 Å². The van der Waals surface area contributed by atoms with Crippen molar-refractivity contribution in [1.29, 1.82) is 0 Å². The Morgan fingerprint density at radius 3 is 2.68 bits per heavy atom. The van der Waals surface area contributed by atoms with Gasteiger partial charge in [0.15, 0.2) is 0 Å². The average molecular weight is 504 g/mol. The molecule has 1 aromatic carbocycles. The Bertz CT molecular complexity index is 1450. The summed E-state index contributed by atoms with van der Waals surface area (Å²) in [6.07, 6.45) is 0.585. The highest BCUT2D eigenvalue weighted by Crippen LogP contribution is 2.35. The largest absolute Gasteiger partial charge is 0.456 e.